The maximum absolute atomic E-state index is 5.75. The van der Waals surface area contributed by atoms with Gasteiger partial charge in [0.2, 0.25) is 0 Å². The number of fused-ring (bicyclic) bond motifs is 1. The van der Waals surface area contributed by atoms with Gasteiger partial charge in [-0.3, -0.25) is 0 Å². The number of rotatable bonds is 3. The zero-order valence-electron chi connectivity index (χ0n) is 7.70. The first-order valence-corrected chi connectivity index (χ1v) is 4.85. The van der Waals surface area contributed by atoms with Gasteiger partial charge in [0.15, 0.2) is 0 Å². The van der Waals surface area contributed by atoms with Crippen molar-refractivity contribution < 1.29 is 4.74 Å². The fourth-order valence-corrected chi connectivity index (χ4v) is 1.76. The molecule has 0 spiro atoms. The molecule has 1 heterocycles. The summed E-state index contributed by atoms with van der Waals surface area (Å²) >= 11 is 0. The van der Waals surface area contributed by atoms with Crippen LogP contribution in [0.25, 0.3) is 0 Å². The summed E-state index contributed by atoms with van der Waals surface area (Å²) < 4.78 is 5.75. The Morgan fingerprint density at radius 2 is 2.23 bits per heavy atom. The molecule has 0 aromatic heterocycles. The molecule has 2 rings (SSSR count). The van der Waals surface area contributed by atoms with E-state index in [-0.39, 0.29) is 0 Å². The summed E-state index contributed by atoms with van der Waals surface area (Å²) in [7, 11) is 0. The van der Waals surface area contributed by atoms with Crippen LogP contribution >= 0.6 is 0 Å². The van der Waals surface area contributed by atoms with Crippen molar-refractivity contribution in [3.05, 3.63) is 29.8 Å². The summed E-state index contributed by atoms with van der Waals surface area (Å²) in [6, 6.07) is 8.26. The lowest BCUT2D eigenvalue weighted by Crippen LogP contribution is -2.14. The van der Waals surface area contributed by atoms with Gasteiger partial charge in [-0.2, -0.15) is 0 Å². The van der Waals surface area contributed by atoms with E-state index in [1.807, 2.05) is 12.1 Å². The van der Waals surface area contributed by atoms with E-state index in [1.54, 1.807) is 0 Å². The third kappa shape index (κ3) is 1.83. The first-order chi connectivity index (χ1) is 6.40. The second-order valence-corrected chi connectivity index (χ2v) is 3.48. The molecule has 2 heteroatoms. The summed E-state index contributed by atoms with van der Waals surface area (Å²) in [5.41, 5.74) is 6.79. The topological polar surface area (TPSA) is 35.2 Å². The average Bonchev–Trinajstić information content (AvgIpc) is 2.57. The Morgan fingerprint density at radius 3 is 3.00 bits per heavy atom. The summed E-state index contributed by atoms with van der Waals surface area (Å²) in [6.45, 7) is 0.760. The fourth-order valence-electron chi connectivity index (χ4n) is 1.76. The Hall–Kier alpha value is -1.02. The molecular weight excluding hydrogens is 162 g/mol. The second-order valence-electron chi connectivity index (χ2n) is 3.48. The number of para-hydroxylation sites is 1. The molecule has 0 bridgehead atoms. The molecule has 1 aromatic rings. The molecule has 1 unspecified atom stereocenters. The van der Waals surface area contributed by atoms with Crippen LogP contribution < -0.4 is 10.5 Å². The largest absolute Gasteiger partial charge is 0.490 e. The number of hydrogen-bond donors (Lipinski definition) is 1. The van der Waals surface area contributed by atoms with E-state index in [2.05, 4.69) is 12.1 Å². The minimum atomic E-state index is 0.362. The molecule has 1 aromatic carbocycles. The zero-order valence-corrected chi connectivity index (χ0v) is 7.70. The molecule has 1 aliphatic rings. The van der Waals surface area contributed by atoms with Crippen LogP contribution in [0, 0.1) is 0 Å². The third-order valence-electron chi connectivity index (χ3n) is 2.44. The third-order valence-corrected chi connectivity index (χ3v) is 2.44. The number of hydrogen-bond acceptors (Lipinski definition) is 2. The number of benzene rings is 1. The summed E-state index contributed by atoms with van der Waals surface area (Å²) in [4.78, 5) is 0. The smallest absolute Gasteiger partial charge is 0.123 e. The highest BCUT2D eigenvalue weighted by atomic mass is 16.5. The fraction of sp³-hybridized carbons (Fsp3) is 0.455. The summed E-state index contributed by atoms with van der Waals surface area (Å²) in [5.74, 6) is 1.06. The van der Waals surface area contributed by atoms with Gasteiger partial charge in [-0.25, -0.2) is 0 Å². The van der Waals surface area contributed by atoms with Crippen molar-refractivity contribution in [1.82, 2.24) is 0 Å². The van der Waals surface area contributed by atoms with Crippen LogP contribution in [0.15, 0.2) is 24.3 Å². The van der Waals surface area contributed by atoms with Gasteiger partial charge >= 0.3 is 0 Å². The molecule has 1 atom stereocenters. The molecular formula is C11H15NO. The molecule has 70 valence electrons. The molecule has 0 radical (unpaired) electrons. The van der Waals surface area contributed by atoms with Crippen molar-refractivity contribution >= 4 is 0 Å². The first-order valence-electron chi connectivity index (χ1n) is 4.85. The van der Waals surface area contributed by atoms with Crippen LogP contribution in [0.1, 0.15) is 18.4 Å². The van der Waals surface area contributed by atoms with E-state index in [0.29, 0.717) is 6.10 Å². The molecule has 0 saturated carbocycles. The number of nitrogens with two attached hydrogens (primary N) is 1. The van der Waals surface area contributed by atoms with Crippen molar-refractivity contribution in [3.8, 4) is 5.75 Å². The monoisotopic (exact) mass is 177 g/mol. The predicted octanol–water partition coefficient (Wildman–Crippen LogP) is 1.73. The molecule has 2 N–H and O–H groups in total. The average molecular weight is 177 g/mol. The zero-order chi connectivity index (χ0) is 9.10. The van der Waals surface area contributed by atoms with Gasteiger partial charge in [0.1, 0.15) is 11.9 Å². The van der Waals surface area contributed by atoms with E-state index in [4.69, 9.17) is 10.5 Å². The van der Waals surface area contributed by atoms with Gasteiger partial charge in [-0.1, -0.05) is 18.2 Å². The van der Waals surface area contributed by atoms with Crippen LogP contribution in [0.5, 0.6) is 5.75 Å². The highest BCUT2D eigenvalue weighted by Gasteiger charge is 2.21. The molecule has 1 aliphatic heterocycles. The van der Waals surface area contributed by atoms with Crippen LogP contribution in [0.3, 0.4) is 0 Å². The van der Waals surface area contributed by atoms with Gasteiger partial charge in [0, 0.05) is 6.42 Å². The first kappa shape index (κ1) is 8.57. The minimum Gasteiger partial charge on any atom is -0.490 e. The van der Waals surface area contributed by atoms with Gasteiger partial charge in [-0.05, 0) is 31.0 Å². The second kappa shape index (κ2) is 3.79. The predicted molar refractivity (Wildman–Crippen MR) is 52.9 cm³/mol. The van der Waals surface area contributed by atoms with Crippen LogP contribution in [-0.4, -0.2) is 12.6 Å². The summed E-state index contributed by atoms with van der Waals surface area (Å²) in [6.07, 6.45) is 3.54. The quantitative estimate of drug-likeness (QED) is 0.763. The Kier molecular flexibility index (Phi) is 2.50. The van der Waals surface area contributed by atoms with Crippen LogP contribution in [0.2, 0.25) is 0 Å². The lowest BCUT2D eigenvalue weighted by atomic mass is 10.1. The molecule has 0 amide bonds. The molecule has 13 heavy (non-hydrogen) atoms. The van der Waals surface area contributed by atoms with Crippen molar-refractivity contribution in [2.24, 2.45) is 5.73 Å². The Labute approximate surface area is 78.7 Å². The number of ether oxygens (including phenoxy) is 1. The van der Waals surface area contributed by atoms with Gasteiger partial charge in [0.25, 0.3) is 0 Å². The molecule has 2 nitrogen and oxygen atoms in total. The normalized spacial score (nSPS) is 19.6. The summed E-state index contributed by atoms with van der Waals surface area (Å²) in [5, 5.41) is 0. The molecule has 0 saturated heterocycles. The van der Waals surface area contributed by atoms with Crippen molar-refractivity contribution in [2.45, 2.75) is 25.4 Å². The van der Waals surface area contributed by atoms with Gasteiger partial charge in [-0.15, -0.1) is 0 Å². The van der Waals surface area contributed by atoms with Crippen molar-refractivity contribution in [3.63, 3.8) is 0 Å². The molecule has 0 fully saturated rings. The Morgan fingerprint density at radius 1 is 1.38 bits per heavy atom. The Bertz CT molecular complexity index is 260. The highest BCUT2D eigenvalue weighted by molar-refractivity contribution is 5.37. The lowest BCUT2D eigenvalue weighted by molar-refractivity contribution is 0.219. The van der Waals surface area contributed by atoms with E-state index in [1.165, 1.54) is 5.56 Å². The SMILES string of the molecule is NCCCC1Cc2ccccc2O1. The molecule has 0 aliphatic carbocycles. The van der Waals surface area contributed by atoms with Crippen molar-refractivity contribution in [1.29, 1.82) is 0 Å². The minimum absolute atomic E-state index is 0.362. The van der Waals surface area contributed by atoms with Crippen LogP contribution in [0.4, 0.5) is 0 Å². The van der Waals surface area contributed by atoms with E-state index >= 15 is 0 Å². The Balaban J connectivity index is 1.97. The highest BCUT2D eigenvalue weighted by Crippen LogP contribution is 2.29. The van der Waals surface area contributed by atoms with Gasteiger partial charge in [0.05, 0.1) is 0 Å². The standard InChI is InChI=1S/C11H15NO/c12-7-3-5-10-8-9-4-1-2-6-11(9)13-10/h1-2,4,6,10H,3,5,7-8,12H2. The van der Waals surface area contributed by atoms with E-state index in [0.717, 1.165) is 31.6 Å². The lowest BCUT2D eigenvalue weighted by Gasteiger charge is -2.08. The van der Waals surface area contributed by atoms with E-state index < -0.39 is 0 Å². The maximum Gasteiger partial charge on any atom is 0.123 e. The van der Waals surface area contributed by atoms with Crippen LogP contribution in [-0.2, 0) is 6.42 Å². The van der Waals surface area contributed by atoms with E-state index in [9.17, 15) is 0 Å². The van der Waals surface area contributed by atoms with Crippen molar-refractivity contribution in [2.75, 3.05) is 6.54 Å². The maximum atomic E-state index is 5.75. The van der Waals surface area contributed by atoms with Gasteiger partial charge < -0.3 is 10.5 Å².